The molecule has 1 aromatic rings. The average Bonchev–Trinajstić information content (AvgIpc) is 2.53. The number of ether oxygens (including phenoxy) is 2. The predicted molar refractivity (Wildman–Crippen MR) is 97.2 cm³/mol. The van der Waals surface area contributed by atoms with Crippen LogP contribution in [0.3, 0.4) is 0 Å². The van der Waals surface area contributed by atoms with E-state index in [1.807, 2.05) is 18.2 Å². The van der Waals surface area contributed by atoms with Gasteiger partial charge in [-0.15, -0.1) is 12.6 Å². The van der Waals surface area contributed by atoms with Gasteiger partial charge in [0.15, 0.2) is 11.5 Å². The topological polar surface area (TPSA) is 47.6 Å². The van der Waals surface area contributed by atoms with E-state index in [2.05, 4.69) is 31.8 Å². The first-order valence-corrected chi connectivity index (χ1v) is 8.87. The normalized spacial score (nSPS) is 10.7. The highest BCUT2D eigenvalue weighted by atomic mass is 32.1. The van der Waals surface area contributed by atoms with E-state index in [4.69, 9.17) is 9.47 Å². The van der Waals surface area contributed by atoms with Crippen molar-refractivity contribution >= 4 is 18.5 Å². The molecule has 0 saturated heterocycles. The molecule has 0 spiro atoms. The Labute approximate surface area is 145 Å². The standard InChI is InChI=1S/C18H29NO3S/c1-14(2)7-5-4-6-8-18(20)19-12-15-9-10-16(22-13-23)17(11-15)21-3/h9-11,14,23H,4-8,12-13H2,1-3H3,(H,19,20). The maximum absolute atomic E-state index is 11.9. The first-order valence-electron chi connectivity index (χ1n) is 8.24. The first-order chi connectivity index (χ1) is 11.1. The lowest BCUT2D eigenvalue weighted by Crippen LogP contribution is -2.22. The molecule has 0 unspecified atom stereocenters. The molecule has 0 heterocycles. The van der Waals surface area contributed by atoms with Gasteiger partial charge < -0.3 is 14.8 Å². The molecule has 1 rings (SSSR count). The van der Waals surface area contributed by atoms with Gasteiger partial charge in [0.25, 0.3) is 0 Å². The van der Waals surface area contributed by atoms with Gasteiger partial charge in [-0.25, -0.2) is 0 Å². The maximum atomic E-state index is 11.9. The Morgan fingerprint density at radius 1 is 1.22 bits per heavy atom. The second kappa shape index (κ2) is 11.2. The zero-order chi connectivity index (χ0) is 17.1. The Kier molecular flexibility index (Phi) is 9.60. The van der Waals surface area contributed by atoms with Gasteiger partial charge in [-0.1, -0.05) is 39.2 Å². The van der Waals surface area contributed by atoms with Gasteiger partial charge in [-0.3, -0.25) is 4.79 Å². The number of rotatable bonds is 11. The van der Waals surface area contributed by atoms with Crippen molar-refractivity contribution in [3.63, 3.8) is 0 Å². The van der Waals surface area contributed by atoms with Crippen molar-refractivity contribution in [2.24, 2.45) is 5.92 Å². The largest absolute Gasteiger partial charge is 0.493 e. The zero-order valence-corrected chi connectivity index (χ0v) is 15.3. The lowest BCUT2D eigenvalue weighted by atomic mass is 10.0. The SMILES string of the molecule is COc1cc(CNC(=O)CCCCCC(C)C)ccc1OCS. The minimum Gasteiger partial charge on any atom is -0.493 e. The van der Waals surface area contributed by atoms with E-state index in [0.717, 1.165) is 24.3 Å². The molecule has 0 radical (unpaired) electrons. The minimum absolute atomic E-state index is 0.101. The van der Waals surface area contributed by atoms with E-state index < -0.39 is 0 Å². The lowest BCUT2D eigenvalue weighted by Gasteiger charge is -2.11. The fourth-order valence-electron chi connectivity index (χ4n) is 2.31. The summed E-state index contributed by atoms with van der Waals surface area (Å²) in [5.74, 6) is 2.45. The molecule has 0 aliphatic heterocycles. The molecule has 23 heavy (non-hydrogen) atoms. The van der Waals surface area contributed by atoms with Gasteiger partial charge in [0.2, 0.25) is 5.91 Å². The molecule has 4 nitrogen and oxygen atoms in total. The number of nitrogens with one attached hydrogen (secondary N) is 1. The van der Waals surface area contributed by atoms with Crippen molar-refractivity contribution in [3.8, 4) is 11.5 Å². The third kappa shape index (κ3) is 8.16. The number of amides is 1. The summed E-state index contributed by atoms with van der Waals surface area (Å²) in [6.07, 6.45) is 5.11. The first kappa shape index (κ1) is 19.7. The highest BCUT2D eigenvalue weighted by molar-refractivity contribution is 7.80. The summed E-state index contributed by atoms with van der Waals surface area (Å²) < 4.78 is 10.6. The molecule has 0 aromatic heterocycles. The molecule has 1 aromatic carbocycles. The van der Waals surface area contributed by atoms with Crippen LogP contribution in [0.5, 0.6) is 11.5 Å². The molecule has 0 aliphatic rings. The monoisotopic (exact) mass is 339 g/mol. The van der Waals surface area contributed by atoms with Gasteiger partial charge >= 0.3 is 0 Å². The van der Waals surface area contributed by atoms with Gasteiger partial charge in [-0.2, -0.15) is 0 Å². The number of methoxy groups -OCH3 is 1. The Bertz CT molecular complexity index is 477. The molecular weight excluding hydrogens is 310 g/mol. The van der Waals surface area contributed by atoms with E-state index in [-0.39, 0.29) is 5.91 Å². The third-order valence-electron chi connectivity index (χ3n) is 3.62. The van der Waals surface area contributed by atoms with Crippen molar-refractivity contribution in [3.05, 3.63) is 23.8 Å². The number of unbranched alkanes of at least 4 members (excludes halogenated alkanes) is 2. The number of hydrogen-bond acceptors (Lipinski definition) is 4. The maximum Gasteiger partial charge on any atom is 0.220 e. The van der Waals surface area contributed by atoms with Gasteiger partial charge in [0.05, 0.1) is 7.11 Å². The summed E-state index contributed by atoms with van der Waals surface area (Å²) in [5.41, 5.74) is 0.988. The summed E-state index contributed by atoms with van der Waals surface area (Å²) in [5, 5.41) is 2.95. The van der Waals surface area contributed by atoms with Crippen LogP contribution in [0.2, 0.25) is 0 Å². The van der Waals surface area contributed by atoms with Crippen molar-refractivity contribution in [2.45, 2.75) is 52.5 Å². The molecule has 0 aliphatic carbocycles. The minimum atomic E-state index is 0.101. The van der Waals surface area contributed by atoms with Crippen molar-refractivity contribution < 1.29 is 14.3 Å². The van der Waals surface area contributed by atoms with Crippen molar-refractivity contribution in [1.82, 2.24) is 5.32 Å². The van der Waals surface area contributed by atoms with E-state index in [1.165, 1.54) is 12.8 Å². The molecule has 0 atom stereocenters. The van der Waals surface area contributed by atoms with E-state index in [1.54, 1.807) is 7.11 Å². The van der Waals surface area contributed by atoms with E-state index in [0.29, 0.717) is 30.4 Å². The van der Waals surface area contributed by atoms with Crippen LogP contribution in [0, 0.1) is 5.92 Å². The summed E-state index contributed by atoms with van der Waals surface area (Å²) in [6, 6.07) is 5.63. The van der Waals surface area contributed by atoms with Crippen LogP contribution in [0.1, 0.15) is 51.5 Å². The number of carbonyl (C=O) groups is 1. The summed E-state index contributed by atoms with van der Waals surface area (Å²) >= 11 is 4.04. The molecule has 0 fully saturated rings. The van der Waals surface area contributed by atoms with Gasteiger partial charge in [-0.05, 0) is 30.0 Å². The molecule has 0 bridgehead atoms. The van der Waals surface area contributed by atoms with Crippen molar-refractivity contribution in [2.75, 3.05) is 13.0 Å². The van der Waals surface area contributed by atoms with Gasteiger partial charge in [0.1, 0.15) is 5.94 Å². The Morgan fingerprint density at radius 2 is 2.00 bits per heavy atom. The van der Waals surface area contributed by atoms with Crippen molar-refractivity contribution in [1.29, 1.82) is 0 Å². The molecular formula is C18H29NO3S. The zero-order valence-electron chi connectivity index (χ0n) is 14.4. The lowest BCUT2D eigenvalue weighted by molar-refractivity contribution is -0.121. The summed E-state index contributed by atoms with van der Waals surface area (Å²) in [6.45, 7) is 4.96. The van der Waals surface area contributed by atoms with E-state index >= 15 is 0 Å². The highest BCUT2D eigenvalue weighted by Gasteiger charge is 2.07. The molecule has 1 N–H and O–H groups in total. The van der Waals surface area contributed by atoms with Crippen LogP contribution in [0.15, 0.2) is 18.2 Å². The molecule has 130 valence electrons. The number of thiol groups is 1. The van der Waals surface area contributed by atoms with Crippen LogP contribution >= 0.6 is 12.6 Å². The fourth-order valence-corrected chi connectivity index (χ4v) is 2.45. The highest BCUT2D eigenvalue weighted by Crippen LogP contribution is 2.28. The molecule has 0 saturated carbocycles. The quantitative estimate of drug-likeness (QED) is 0.361. The van der Waals surface area contributed by atoms with Crippen LogP contribution in [0.25, 0.3) is 0 Å². The van der Waals surface area contributed by atoms with Crippen LogP contribution < -0.4 is 14.8 Å². The molecule has 5 heteroatoms. The smallest absolute Gasteiger partial charge is 0.220 e. The van der Waals surface area contributed by atoms with E-state index in [9.17, 15) is 4.79 Å². The Morgan fingerprint density at radius 3 is 2.65 bits per heavy atom. The average molecular weight is 340 g/mol. The summed E-state index contributed by atoms with van der Waals surface area (Å²) in [7, 11) is 1.60. The third-order valence-corrected chi connectivity index (χ3v) is 3.75. The van der Waals surface area contributed by atoms with Gasteiger partial charge in [0, 0.05) is 13.0 Å². The summed E-state index contributed by atoms with van der Waals surface area (Å²) in [4.78, 5) is 11.9. The van der Waals surface area contributed by atoms with Crippen LogP contribution in [-0.4, -0.2) is 19.0 Å². The second-order valence-electron chi connectivity index (χ2n) is 6.03. The second-order valence-corrected chi connectivity index (χ2v) is 6.29. The Balaban J connectivity index is 2.32. The fraction of sp³-hybridized carbons (Fsp3) is 0.611. The molecule has 1 amide bonds. The number of carbonyl (C=O) groups excluding carboxylic acids is 1. The number of hydrogen-bond donors (Lipinski definition) is 2. The predicted octanol–water partition coefficient (Wildman–Crippen LogP) is 4.18. The van der Waals surface area contributed by atoms with Crippen LogP contribution in [0.4, 0.5) is 0 Å². The van der Waals surface area contributed by atoms with Crippen LogP contribution in [-0.2, 0) is 11.3 Å². The Hall–Kier alpha value is -1.36. The number of benzene rings is 1.